The van der Waals surface area contributed by atoms with Crippen LogP contribution in [0.3, 0.4) is 0 Å². The third-order valence-electron chi connectivity index (χ3n) is 4.43. The van der Waals surface area contributed by atoms with Crippen molar-refractivity contribution in [1.29, 1.82) is 0 Å². The Labute approximate surface area is 191 Å². The lowest BCUT2D eigenvalue weighted by atomic mass is 10.2. The molecule has 2 amide bonds. The van der Waals surface area contributed by atoms with E-state index in [0.717, 1.165) is 16.9 Å². The van der Waals surface area contributed by atoms with Crippen LogP contribution in [0.1, 0.15) is 13.8 Å². The van der Waals surface area contributed by atoms with Crippen LogP contribution in [0, 0.1) is 0 Å². The number of carbonyl (C=O) groups excluding carboxylic acids is 2. The Bertz CT molecular complexity index is 1140. The fourth-order valence-electron chi connectivity index (χ4n) is 3.08. The average Bonchev–Trinajstić information content (AvgIpc) is 3.20. The Morgan fingerprint density at radius 1 is 0.781 bits per heavy atom. The maximum Gasteiger partial charge on any atom is 0.340 e. The summed E-state index contributed by atoms with van der Waals surface area (Å²) in [5, 5.41) is 14.9. The number of aromatic nitrogens is 4. The molecule has 4 rings (SSSR count). The van der Waals surface area contributed by atoms with Gasteiger partial charge in [0.1, 0.15) is 5.69 Å². The summed E-state index contributed by atoms with van der Waals surface area (Å²) in [5.41, 5.74) is 3.83. The van der Waals surface area contributed by atoms with Crippen molar-refractivity contribution in [3.63, 3.8) is 0 Å². The molecular weight excluding hydrogens is 428 g/mol. The van der Waals surface area contributed by atoms with Gasteiger partial charge in [0.25, 0.3) is 0 Å². The normalized spacial score (nSPS) is 10.2. The average molecular weight is 449 g/mol. The van der Waals surface area contributed by atoms with E-state index >= 15 is 0 Å². The van der Waals surface area contributed by atoms with Crippen LogP contribution in [0.5, 0.6) is 0 Å². The van der Waals surface area contributed by atoms with Gasteiger partial charge in [0.05, 0.1) is 10.7 Å². The second-order valence-electron chi connectivity index (χ2n) is 6.92. The molecule has 8 nitrogen and oxygen atoms in total. The molecule has 0 unspecified atom stereocenters. The number of rotatable bonds is 5. The first kappa shape index (κ1) is 22.6. The number of nitrogens with one attached hydrogen (secondary N) is 2. The van der Waals surface area contributed by atoms with Gasteiger partial charge in [0.15, 0.2) is 5.69 Å². The number of carbonyl (C=O) groups is 2. The van der Waals surface area contributed by atoms with Crippen molar-refractivity contribution in [3.8, 4) is 22.8 Å². The van der Waals surface area contributed by atoms with E-state index in [9.17, 15) is 9.59 Å². The highest BCUT2D eigenvalue weighted by molar-refractivity contribution is 5.89. The van der Waals surface area contributed by atoms with Crippen molar-refractivity contribution < 1.29 is 26.8 Å². The van der Waals surface area contributed by atoms with Gasteiger partial charge in [-0.1, -0.05) is 18.2 Å². The first-order valence-corrected chi connectivity index (χ1v) is 9.71. The van der Waals surface area contributed by atoms with Crippen LogP contribution < -0.4 is 27.8 Å². The fraction of sp³-hybridized carbons (Fsp3) is 0.0870. The molecule has 0 saturated carbocycles. The molecule has 0 saturated heterocycles. The molecule has 0 atom stereocenters. The number of nitrogens with zero attached hydrogens (tertiary/aromatic N) is 4. The minimum atomic E-state index is -0.130. The third-order valence-corrected chi connectivity index (χ3v) is 4.43. The van der Waals surface area contributed by atoms with E-state index in [-0.39, 0.29) is 24.2 Å². The quantitative estimate of drug-likeness (QED) is 0.424. The number of halogens is 1. The first-order chi connectivity index (χ1) is 15.0. The molecule has 0 bridgehead atoms. The molecule has 3 aromatic carbocycles. The standard InChI is InChI=1S/C23H20N6O2.ClH/c1-16(30)24-19-8-12-21(13-9-19)28-26-23(18-6-4-3-5-7-18)27-29(28)22-14-10-20(11-15-22)25-17(2)31;/h3-15H,1-2H3,(H-,24,25,26,27,30,31);1H. The summed E-state index contributed by atoms with van der Waals surface area (Å²) in [7, 11) is 0. The van der Waals surface area contributed by atoms with Gasteiger partial charge in [0.2, 0.25) is 11.8 Å². The first-order valence-electron chi connectivity index (χ1n) is 9.71. The van der Waals surface area contributed by atoms with Crippen molar-refractivity contribution in [3.05, 3.63) is 78.9 Å². The molecule has 0 fully saturated rings. The van der Waals surface area contributed by atoms with E-state index in [0.29, 0.717) is 17.2 Å². The third kappa shape index (κ3) is 5.16. The minimum Gasteiger partial charge on any atom is -1.00 e. The topological polar surface area (TPSA) is 92.8 Å². The smallest absolute Gasteiger partial charge is 0.340 e. The van der Waals surface area contributed by atoms with E-state index in [1.165, 1.54) is 13.8 Å². The molecule has 0 radical (unpaired) electrons. The van der Waals surface area contributed by atoms with Crippen molar-refractivity contribution in [2.45, 2.75) is 13.8 Å². The highest BCUT2D eigenvalue weighted by Crippen LogP contribution is 2.17. The molecule has 1 aromatic heterocycles. The zero-order valence-corrected chi connectivity index (χ0v) is 18.2. The van der Waals surface area contributed by atoms with Gasteiger partial charge >= 0.3 is 5.82 Å². The van der Waals surface area contributed by atoms with Crippen molar-refractivity contribution in [2.24, 2.45) is 0 Å². The number of benzene rings is 3. The van der Waals surface area contributed by atoms with E-state index in [4.69, 9.17) is 10.2 Å². The Hall–Kier alpha value is -4.04. The van der Waals surface area contributed by atoms with E-state index in [1.54, 1.807) is 9.59 Å². The molecule has 1 heterocycles. The summed E-state index contributed by atoms with van der Waals surface area (Å²) in [6, 6.07) is 24.4. The molecule has 9 heteroatoms. The van der Waals surface area contributed by atoms with Gasteiger partial charge in [-0.25, -0.2) is 0 Å². The summed E-state index contributed by atoms with van der Waals surface area (Å²) < 4.78 is 0. The fourth-order valence-corrected chi connectivity index (χ4v) is 3.08. The molecule has 4 aromatic rings. The van der Waals surface area contributed by atoms with Crippen LogP contribution in [-0.2, 0) is 9.59 Å². The summed E-state index contributed by atoms with van der Waals surface area (Å²) in [6.07, 6.45) is 0. The van der Waals surface area contributed by atoms with Crippen molar-refractivity contribution >= 4 is 23.2 Å². The van der Waals surface area contributed by atoms with E-state index in [2.05, 4.69) is 10.6 Å². The zero-order valence-electron chi connectivity index (χ0n) is 17.5. The molecule has 0 aliphatic carbocycles. The lowest BCUT2D eigenvalue weighted by Crippen LogP contribution is -3.00. The molecule has 0 spiro atoms. The van der Waals surface area contributed by atoms with Crippen molar-refractivity contribution in [2.75, 3.05) is 10.6 Å². The van der Waals surface area contributed by atoms with Gasteiger partial charge < -0.3 is 23.0 Å². The second kappa shape index (κ2) is 9.84. The van der Waals surface area contributed by atoms with Gasteiger partial charge in [0, 0.05) is 30.0 Å². The maximum absolute atomic E-state index is 11.3. The second-order valence-corrected chi connectivity index (χ2v) is 6.92. The number of hydrogen-bond donors (Lipinski definition) is 2. The molecule has 0 aliphatic heterocycles. The molecule has 162 valence electrons. The monoisotopic (exact) mass is 448 g/mol. The van der Waals surface area contributed by atoms with E-state index < -0.39 is 0 Å². The van der Waals surface area contributed by atoms with Crippen LogP contribution in [0.25, 0.3) is 22.8 Å². The lowest BCUT2D eigenvalue weighted by molar-refractivity contribution is -0.734. The molecule has 0 aliphatic rings. The van der Waals surface area contributed by atoms with Crippen LogP contribution in [0.15, 0.2) is 78.9 Å². The van der Waals surface area contributed by atoms with Crippen LogP contribution in [0.4, 0.5) is 11.4 Å². The Kier molecular flexibility index (Phi) is 6.97. The summed E-state index contributed by atoms with van der Waals surface area (Å²) in [6.45, 7) is 2.94. The predicted octanol–water partition coefficient (Wildman–Crippen LogP) is 0.132. The van der Waals surface area contributed by atoms with Crippen molar-refractivity contribution in [1.82, 2.24) is 15.0 Å². The largest absolute Gasteiger partial charge is 1.00 e. The van der Waals surface area contributed by atoms with Crippen LogP contribution in [-0.4, -0.2) is 26.8 Å². The van der Waals surface area contributed by atoms with Gasteiger partial charge in [-0.2, -0.15) is 0 Å². The zero-order chi connectivity index (χ0) is 21.8. The Morgan fingerprint density at radius 3 is 1.84 bits per heavy atom. The number of hydrogen-bond acceptors (Lipinski definition) is 4. The Balaban J connectivity index is 0.00000289. The Morgan fingerprint density at radius 2 is 1.31 bits per heavy atom. The van der Waals surface area contributed by atoms with Crippen LogP contribution in [0.2, 0.25) is 0 Å². The van der Waals surface area contributed by atoms with Crippen LogP contribution >= 0.6 is 0 Å². The highest BCUT2D eigenvalue weighted by atomic mass is 35.5. The number of amides is 2. The molecule has 2 N–H and O–H groups in total. The van der Waals surface area contributed by atoms with Gasteiger partial charge in [-0.05, 0) is 70.6 Å². The minimum absolute atomic E-state index is 0. The summed E-state index contributed by atoms with van der Waals surface area (Å²) >= 11 is 0. The molecule has 32 heavy (non-hydrogen) atoms. The summed E-state index contributed by atoms with van der Waals surface area (Å²) in [4.78, 5) is 26.0. The highest BCUT2D eigenvalue weighted by Gasteiger charge is 2.23. The number of tetrazole rings is 1. The number of anilines is 2. The van der Waals surface area contributed by atoms with Gasteiger partial charge in [-0.15, -0.1) is 0 Å². The maximum atomic E-state index is 11.3. The van der Waals surface area contributed by atoms with E-state index in [1.807, 2.05) is 78.9 Å². The molecular formula is C23H21ClN6O2. The SMILES string of the molecule is CC(=O)Nc1ccc(-n2nc(-c3ccccc3)n[n+]2-c2ccc(NC(C)=O)cc2)cc1.[Cl-]. The lowest BCUT2D eigenvalue weighted by Gasteiger charge is -2.04. The predicted molar refractivity (Wildman–Crippen MR) is 117 cm³/mol. The summed E-state index contributed by atoms with van der Waals surface area (Å²) in [5.74, 6) is 0.306. The van der Waals surface area contributed by atoms with Gasteiger partial charge in [-0.3, -0.25) is 9.59 Å².